The van der Waals surface area contributed by atoms with Crippen molar-refractivity contribution in [2.24, 2.45) is 10.9 Å². The molecule has 0 aliphatic rings. The van der Waals surface area contributed by atoms with Crippen molar-refractivity contribution < 1.29 is 4.79 Å². The summed E-state index contributed by atoms with van der Waals surface area (Å²) in [5.41, 5.74) is 1.14. The van der Waals surface area contributed by atoms with Gasteiger partial charge in [0, 0.05) is 26.2 Å². The number of hydrogen-bond donors (Lipinski definition) is 2. The molecule has 0 fully saturated rings. The predicted octanol–water partition coefficient (Wildman–Crippen LogP) is 2.25. The van der Waals surface area contributed by atoms with Gasteiger partial charge in [-0.25, -0.2) is 4.99 Å². The van der Waals surface area contributed by atoms with Crippen LogP contribution in [0.1, 0.15) is 33.3 Å². The summed E-state index contributed by atoms with van der Waals surface area (Å²) in [4.78, 5) is 18.6. The highest BCUT2D eigenvalue weighted by Gasteiger charge is 2.12. The highest BCUT2D eigenvalue weighted by atomic mass is 16.2. The van der Waals surface area contributed by atoms with E-state index in [0.29, 0.717) is 25.0 Å². The summed E-state index contributed by atoms with van der Waals surface area (Å²) < 4.78 is 0. The molecule has 0 saturated heterocycles. The number of benzene rings is 1. The van der Waals surface area contributed by atoms with E-state index >= 15 is 0 Å². The van der Waals surface area contributed by atoms with Crippen LogP contribution in [0.4, 0.5) is 0 Å². The maximum absolute atomic E-state index is 12.4. The van der Waals surface area contributed by atoms with E-state index < -0.39 is 0 Å². The van der Waals surface area contributed by atoms with Gasteiger partial charge in [-0.05, 0) is 25.3 Å². The zero-order chi connectivity index (χ0) is 17.1. The van der Waals surface area contributed by atoms with E-state index in [4.69, 9.17) is 0 Å². The fraction of sp³-hybridized carbons (Fsp3) is 0.556. The van der Waals surface area contributed by atoms with Gasteiger partial charge in [0.05, 0.1) is 0 Å². The lowest BCUT2D eigenvalue weighted by Gasteiger charge is -2.20. The van der Waals surface area contributed by atoms with E-state index in [9.17, 15) is 4.79 Å². The largest absolute Gasteiger partial charge is 0.357 e. The zero-order valence-corrected chi connectivity index (χ0v) is 14.8. The Hall–Kier alpha value is -2.04. The monoisotopic (exact) mass is 318 g/mol. The summed E-state index contributed by atoms with van der Waals surface area (Å²) in [5.74, 6) is 1.27. The number of rotatable bonds is 8. The summed E-state index contributed by atoms with van der Waals surface area (Å²) in [5, 5.41) is 6.42. The number of amides is 1. The van der Waals surface area contributed by atoms with Crippen LogP contribution in [0.3, 0.4) is 0 Å². The Balaban J connectivity index is 2.60. The molecule has 0 aromatic heterocycles. The first-order valence-electron chi connectivity index (χ1n) is 8.40. The first kappa shape index (κ1) is 19.0. The first-order valence-corrected chi connectivity index (χ1v) is 8.40. The molecule has 2 N–H and O–H groups in total. The van der Waals surface area contributed by atoms with Crippen LogP contribution in [-0.4, -0.2) is 42.9 Å². The first-order chi connectivity index (χ1) is 11.1. The second kappa shape index (κ2) is 10.6. The van der Waals surface area contributed by atoms with Gasteiger partial charge in [0.15, 0.2) is 5.96 Å². The Morgan fingerprint density at radius 3 is 2.43 bits per heavy atom. The topological polar surface area (TPSA) is 56.7 Å². The molecule has 5 heteroatoms. The van der Waals surface area contributed by atoms with Crippen molar-refractivity contribution in [3.63, 3.8) is 0 Å². The molecule has 128 valence electrons. The van der Waals surface area contributed by atoms with E-state index in [0.717, 1.165) is 18.7 Å². The molecule has 1 aromatic carbocycles. The van der Waals surface area contributed by atoms with Crippen LogP contribution >= 0.6 is 0 Å². The minimum Gasteiger partial charge on any atom is -0.357 e. The van der Waals surface area contributed by atoms with Gasteiger partial charge in [0.2, 0.25) is 5.91 Å². The zero-order valence-electron chi connectivity index (χ0n) is 14.8. The Morgan fingerprint density at radius 2 is 1.87 bits per heavy atom. The molecule has 0 aliphatic carbocycles. The molecule has 5 nitrogen and oxygen atoms in total. The van der Waals surface area contributed by atoms with Gasteiger partial charge in [0.1, 0.15) is 6.54 Å². The summed E-state index contributed by atoms with van der Waals surface area (Å²) in [7, 11) is 0. The number of guanidine groups is 1. The second-order valence-corrected chi connectivity index (χ2v) is 5.86. The molecular weight excluding hydrogens is 288 g/mol. The van der Waals surface area contributed by atoms with Crippen LogP contribution in [0.5, 0.6) is 0 Å². The SMILES string of the molecule is CCNC(=NCC(=O)N(CC)Cc1ccccc1)NCC(C)C. The Bertz CT molecular complexity index is 485. The second-order valence-electron chi connectivity index (χ2n) is 5.86. The average Bonchev–Trinajstić information content (AvgIpc) is 2.55. The third-order valence-corrected chi connectivity index (χ3v) is 3.35. The van der Waals surface area contributed by atoms with Crippen molar-refractivity contribution in [1.82, 2.24) is 15.5 Å². The summed E-state index contributed by atoms with van der Waals surface area (Å²) >= 11 is 0. The van der Waals surface area contributed by atoms with Crippen LogP contribution in [-0.2, 0) is 11.3 Å². The van der Waals surface area contributed by atoms with Crippen molar-refractivity contribution in [2.45, 2.75) is 34.2 Å². The smallest absolute Gasteiger partial charge is 0.244 e. The molecule has 0 spiro atoms. The van der Waals surface area contributed by atoms with Crippen molar-refractivity contribution >= 4 is 11.9 Å². The Morgan fingerprint density at radius 1 is 1.17 bits per heavy atom. The minimum atomic E-state index is 0.0399. The normalized spacial score (nSPS) is 11.4. The summed E-state index contributed by atoms with van der Waals surface area (Å²) in [6.45, 7) is 11.4. The molecule has 0 heterocycles. The average molecular weight is 318 g/mol. The minimum absolute atomic E-state index is 0.0399. The number of carbonyl (C=O) groups excluding carboxylic acids is 1. The molecule has 0 unspecified atom stereocenters. The van der Waals surface area contributed by atoms with Gasteiger partial charge in [-0.15, -0.1) is 0 Å². The van der Waals surface area contributed by atoms with Crippen LogP contribution in [0.15, 0.2) is 35.3 Å². The van der Waals surface area contributed by atoms with Gasteiger partial charge >= 0.3 is 0 Å². The maximum Gasteiger partial charge on any atom is 0.244 e. The molecule has 0 aliphatic heterocycles. The number of nitrogens with zero attached hydrogens (tertiary/aromatic N) is 2. The molecule has 0 saturated carbocycles. The quantitative estimate of drug-likeness (QED) is 0.571. The Kier molecular flexibility index (Phi) is 8.80. The molecule has 23 heavy (non-hydrogen) atoms. The highest BCUT2D eigenvalue weighted by molar-refractivity contribution is 5.84. The lowest BCUT2D eigenvalue weighted by Crippen LogP contribution is -2.40. The van der Waals surface area contributed by atoms with Crippen molar-refractivity contribution in [3.8, 4) is 0 Å². The lowest BCUT2D eigenvalue weighted by atomic mass is 10.2. The van der Waals surface area contributed by atoms with Gasteiger partial charge < -0.3 is 15.5 Å². The van der Waals surface area contributed by atoms with Crippen LogP contribution < -0.4 is 10.6 Å². The van der Waals surface area contributed by atoms with Crippen molar-refractivity contribution in [1.29, 1.82) is 0 Å². The third kappa shape index (κ3) is 7.68. The molecule has 0 bridgehead atoms. The molecule has 0 atom stereocenters. The molecular formula is C18H30N4O. The van der Waals surface area contributed by atoms with E-state index in [-0.39, 0.29) is 12.5 Å². The predicted molar refractivity (Wildman–Crippen MR) is 96.4 cm³/mol. The van der Waals surface area contributed by atoms with Crippen LogP contribution in [0.25, 0.3) is 0 Å². The number of likely N-dealkylation sites (N-methyl/N-ethyl adjacent to an activating group) is 1. The number of aliphatic imine (C=N–C) groups is 1. The molecule has 1 aromatic rings. The Labute approximate surface area is 140 Å². The van der Waals surface area contributed by atoms with Crippen molar-refractivity contribution in [2.75, 3.05) is 26.2 Å². The van der Waals surface area contributed by atoms with E-state index in [1.54, 1.807) is 0 Å². The number of nitrogens with one attached hydrogen (secondary N) is 2. The fourth-order valence-corrected chi connectivity index (χ4v) is 2.07. The van der Waals surface area contributed by atoms with E-state index in [2.05, 4.69) is 29.5 Å². The maximum atomic E-state index is 12.4. The molecule has 1 amide bonds. The third-order valence-electron chi connectivity index (χ3n) is 3.35. The van der Waals surface area contributed by atoms with Crippen LogP contribution in [0, 0.1) is 5.92 Å². The number of carbonyl (C=O) groups is 1. The number of hydrogen-bond acceptors (Lipinski definition) is 2. The van der Waals surface area contributed by atoms with E-state index in [1.165, 1.54) is 0 Å². The lowest BCUT2D eigenvalue weighted by molar-refractivity contribution is -0.130. The molecule has 0 radical (unpaired) electrons. The summed E-state index contributed by atoms with van der Waals surface area (Å²) in [6.07, 6.45) is 0. The standard InChI is InChI=1S/C18H30N4O/c1-5-19-18(20-12-15(3)4)21-13-17(23)22(6-2)14-16-10-8-7-9-11-16/h7-11,15H,5-6,12-14H2,1-4H3,(H2,19,20,21). The van der Waals surface area contributed by atoms with Crippen LogP contribution in [0.2, 0.25) is 0 Å². The fourth-order valence-electron chi connectivity index (χ4n) is 2.07. The van der Waals surface area contributed by atoms with Crippen molar-refractivity contribution in [3.05, 3.63) is 35.9 Å². The highest BCUT2D eigenvalue weighted by Crippen LogP contribution is 2.04. The molecule has 1 rings (SSSR count). The van der Waals surface area contributed by atoms with Gasteiger partial charge in [-0.3, -0.25) is 4.79 Å². The summed E-state index contributed by atoms with van der Waals surface area (Å²) in [6, 6.07) is 10.0. The van der Waals surface area contributed by atoms with E-state index in [1.807, 2.05) is 49.1 Å². The van der Waals surface area contributed by atoms with Gasteiger partial charge in [-0.2, -0.15) is 0 Å². The van der Waals surface area contributed by atoms with Gasteiger partial charge in [0.25, 0.3) is 0 Å². The van der Waals surface area contributed by atoms with Gasteiger partial charge in [-0.1, -0.05) is 44.2 Å².